The average molecular weight is 282 g/mol. The highest BCUT2D eigenvalue weighted by Crippen LogP contribution is 2.31. The third-order valence-corrected chi connectivity index (χ3v) is 3.33. The van der Waals surface area contributed by atoms with E-state index in [0.29, 0.717) is 34.3 Å². The number of aliphatic imine (C=N–C) groups is 1. The highest BCUT2D eigenvalue weighted by molar-refractivity contribution is 7.20. The quantitative estimate of drug-likeness (QED) is 0.494. The molecular weight excluding hydrogens is 269 g/mol. The predicted molar refractivity (Wildman–Crippen MR) is 69.5 cm³/mol. The van der Waals surface area contributed by atoms with Gasteiger partial charge in [0.05, 0.1) is 21.8 Å². The average Bonchev–Trinajstić information content (AvgIpc) is 2.55. The van der Waals surface area contributed by atoms with Crippen molar-refractivity contribution in [3.8, 4) is 0 Å². The molecule has 90 valence electrons. The van der Waals surface area contributed by atoms with E-state index in [1.54, 1.807) is 13.2 Å². The summed E-state index contributed by atoms with van der Waals surface area (Å²) in [4.78, 5) is 4.13. The summed E-state index contributed by atoms with van der Waals surface area (Å²) in [5.74, 6) is 0.371. The lowest BCUT2D eigenvalue weighted by Crippen LogP contribution is -2.34. The molecule has 0 bridgehead atoms. The third-order valence-electron chi connectivity index (χ3n) is 1.76. The van der Waals surface area contributed by atoms with Crippen LogP contribution in [0.3, 0.4) is 0 Å². The van der Waals surface area contributed by atoms with Gasteiger partial charge in [-0.05, 0) is 6.07 Å². The number of methoxy groups -OCH3 is 1. The van der Waals surface area contributed by atoms with Crippen molar-refractivity contribution < 1.29 is 4.74 Å². The van der Waals surface area contributed by atoms with E-state index in [1.807, 2.05) is 0 Å². The Morgan fingerprint density at radius 3 is 2.94 bits per heavy atom. The van der Waals surface area contributed by atoms with Crippen LogP contribution in [-0.4, -0.2) is 26.2 Å². The summed E-state index contributed by atoms with van der Waals surface area (Å²) in [7, 11) is 1.63. The SMILES string of the molecule is COCCNC(N)=NCc1cc(Cl)sc1Cl. The van der Waals surface area contributed by atoms with Crippen molar-refractivity contribution in [3.63, 3.8) is 0 Å². The van der Waals surface area contributed by atoms with Crippen molar-refractivity contribution in [3.05, 3.63) is 20.3 Å². The molecule has 0 radical (unpaired) electrons. The first-order valence-corrected chi connectivity index (χ1v) is 6.17. The van der Waals surface area contributed by atoms with Gasteiger partial charge in [0.1, 0.15) is 0 Å². The van der Waals surface area contributed by atoms with E-state index in [9.17, 15) is 0 Å². The molecule has 0 atom stereocenters. The van der Waals surface area contributed by atoms with Crippen LogP contribution >= 0.6 is 34.5 Å². The van der Waals surface area contributed by atoms with Gasteiger partial charge in [-0.15, -0.1) is 11.3 Å². The van der Waals surface area contributed by atoms with E-state index >= 15 is 0 Å². The van der Waals surface area contributed by atoms with Gasteiger partial charge in [0.15, 0.2) is 5.96 Å². The van der Waals surface area contributed by atoms with Crippen LogP contribution in [0.1, 0.15) is 5.56 Å². The van der Waals surface area contributed by atoms with Crippen molar-refractivity contribution >= 4 is 40.5 Å². The molecule has 7 heteroatoms. The maximum absolute atomic E-state index is 5.94. The number of hydrogen-bond donors (Lipinski definition) is 2. The molecule has 0 aliphatic heterocycles. The number of halogens is 2. The zero-order chi connectivity index (χ0) is 12.0. The van der Waals surface area contributed by atoms with Gasteiger partial charge < -0.3 is 15.8 Å². The first-order chi connectivity index (χ1) is 7.63. The molecule has 0 saturated carbocycles. The van der Waals surface area contributed by atoms with Gasteiger partial charge in [0, 0.05) is 19.2 Å². The number of nitrogens with zero attached hydrogens (tertiary/aromatic N) is 1. The minimum Gasteiger partial charge on any atom is -0.383 e. The standard InChI is InChI=1S/C9H13Cl2N3OS/c1-15-3-2-13-9(12)14-5-6-4-7(10)16-8(6)11/h4H,2-3,5H2,1H3,(H3,12,13,14). The zero-order valence-electron chi connectivity index (χ0n) is 8.80. The minimum absolute atomic E-state index is 0.371. The summed E-state index contributed by atoms with van der Waals surface area (Å²) in [6.45, 7) is 1.64. The Hall–Kier alpha value is -0.490. The van der Waals surface area contributed by atoms with Crippen LogP contribution < -0.4 is 11.1 Å². The Labute approximate surface area is 108 Å². The van der Waals surface area contributed by atoms with Gasteiger partial charge in [-0.2, -0.15) is 0 Å². The lowest BCUT2D eigenvalue weighted by atomic mass is 10.3. The molecule has 0 amide bonds. The smallest absolute Gasteiger partial charge is 0.188 e. The van der Waals surface area contributed by atoms with Crippen LogP contribution in [0.2, 0.25) is 8.67 Å². The molecule has 1 aromatic rings. The molecule has 1 rings (SSSR count). The van der Waals surface area contributed by atoms with Gasteiger partial charge in [0.2, 0.25) is 0 Å². The fourth-order valence-corrected chi connectivity index (χ4v) is 2.46. The first-order valence-electron chi connectivity index (χ1n) is 4.60. The van der Waals surface area contributed by atoms with Gasteiger partial charge in [-0.3, -0.25) is 0 Å². The molecule has 1 heterocycles. The van der Waals surface area contributed by atoms with Gasteiger partial charge in [-0.1, -0.05) is 23.2 Å². The Morgan fingerprint density at radius 1 is 1.62 bits per heavy atom. The number of hydrogen-bond acceptors (Lipinski definition) is 3. The zero-order valence-corrected chi connectivity index (χ0v) is 11.1. The van der Waals surface area contributed by atoms with E-state index in [-0.39, 0.29) is 0 Å². The second-order valence-corrected chi connectivity index (χ2v) is 5.26. The summed E-state index contributed by atoms with van der Waals surface area (Å²) in [6, 6.07) is 1.79. The van der Waals surface area contributed by atoms with E-state index in [1.165, 1.54) is 11.3 Å². The van der Waals surface area contributed by atoms with Crippen LogP contribution in [0.5, 0.6) is 0 Å². The molecule has 16 heavy (non-hydrogen) atoms. The second kappa shape index (κ2) is 6.96. The molecule has 0 saturated heterocycles. The predicted octanol–water partition coefficient (Wildman–Crippen LogP) is 2.11. The Bertz CT molecular complexity index is 368. The molecule has 0 aromatic carbocycles. The fourth-order valence-electron chi connectivity index (χ4n) is 0.990. The summed E-state index contributed by atoms with van der Waals surface area (Å²) in [6.07, 6.45) is 0. The van der Waals surface area contributed by atoms with Crippen molar-refractivity contribution in [2.75, 3.05) is 20.3 Å². The van der Waals surface area contributed by atoms with Gasteiger partial charge in [-0.25, -0.2) is 4.99 Å². The number of ether oxygens (including phenoxy) is 1. The lowest BCUT2D eigenvalue weighted by Gasteiger charge is -2.03. The molecule has 0 fully saturated rings. The van der Waals surface area contributed by atoms with Crippen LogP contribution in [0.25, 0.3) is 0 Å². The number of nitrogens with one attached hydrogen (secondary N) is 1. The highest BCUT2D eigenvalue weighted by atomic mass is 35.5. The van der Waals surface area contributed by atoms with E-state index < -0.39 is 0 Å². The summed E-state index contributed by atoms with van der Waals surface area (Å²) < 4.78 is 6.17. The first kappa shape index (κ1) is 13.6. The highest BCUT2D eigenvalue weighted by Gasteiger charge is 2.04. The molecule has 0 aliphatic rings. The van der Waals surface area contributed by atoms with E-state index in [2.05, 4.69) is 10.3 Å². The Balaban J connectivity index is 2.43. The molecule has 0 unspecified atom stereocenters. The maximum atomic E-state index is 5.94. The Kier molecular flexibility index (Phi) is 5.90. The van der Waals surface area contributed by atoms with E-state index in [0.717, 1.165) is 5.56 Å². The normalized spacial score (nSPS) is 11.8. The van der Waals surface area contributed by atoms with Crippen LogP contribution in [0, 0.1) is 0 Å². The number of rotatable bonds is 5. The van der Waals surface area contributed by atoms with Crippen LogP contribution in [0.4, 0.5) is 0 Å². The van der Waals surface area contributed by atoms with Crippen LogP contribution in [-0.2, 0) is 11.3 Å². The second-order valence-electron chi connectivity index (χ2n) is 2.97. The summed E-state index contributed by atoms with van der Waals surface area (Å²) in [5.41, 5.74) is 6.51. The minimum atomic E-state index is 0.371. The van der Waals surface area contributed by atoms with Crippen molar-refractivity contribution in [1.82, 2.24) is 5.32 Å². The lowest BCUT2D eigenvalue weighted by molar-refractivity contribution is 0.204. The van der Waals surface area contributed by atoms with Crippen LogP contribution in [0.15, 0.2) is 11.1 Å². The molecule has 0 spiro atoms. The molecule has 0 aliphatic carbocycles. The maximum Gasteiger partial charge on any atom is 0.188 e. The monoisotopic (exact) mass is 281 g/mol. The van der Waals surface area contributed by atoms with Gasteiger partial charge >= 0.3 is 0 Å². The Morgan fingerprint density at radius 2 is 2.38 bits per heavy atom. The van der Waals surface area contributed by atoms with Crippen molar-refractivity contribution in [1.29, 1.82) is 0 Å². The number of thiophene rings is 1. The summed E-state index contributed by atoms with van der Waals surface area (Å²) >= 11 is 13.1. The van der Waals surface area contributed by atoms with Crippen molar-refractivity contribution in [2.45, 2.75) is 6.54 Å². The third kappa shape index (κ3) is 4.57. The largest absolute Gasteiger partial charge is 0.383 e. The van der Waals surface area contributed by atoms with E-state index in [4.69, 9.17) is 33.7 Å². The fraction of sp³-hybridized carbons (Fsp3) is 0.444. The molecular formula is C9H13Cl2N3OS. The molecule has 1 aromatic heterocycles. The number of guanidine groups is 1. The van der Waals surface area contributed by atoms with Crippen molar-refractivity contribution in [2.24, 2.45) is 10.7 Å². The van der Waals surface area contributed by atoms with Gasteiger partial charge in [0.25, 0.3) is 0 Å². The topological polar surface area (TPSA) is 59.6 Å². The summed E-state index contributed by atoms with van der Waals surface area (Å²) in [5, 5.41) is 2.91. The number of nitrogens with two attached hydrogens (primary N) is 1. The molecule has 4 nitrogen and oxygen atoms in total. The molecule has 3 N–H and O–H groups in total.